The molecule has 0 unspecified atom stereocenters. The van der Waals surface area contributed by atoms with E-state index in [0.717, 1.165) is 0 Å². The third kappa shape index (κ3) is 2.50. The maximum atomic E-state index is 12.2. The number of nitrogens with zero attached hydrogens (tertiary/aromatic N) is 4. The first kappa shape index (κ1) is 13.3. The Morgan fingerprint density at radius 1 is 1.24 bits per heavy atom. The van der Waals surface area contributed by atoms with Gasteiger partial charge in [0.2, 0.25) is 0 Å². The zero-order valence-electron chi connectivity index (χ0n) is 11.1. The molecule has 0 amide bonds. The van der Waals surface area contributed by atoms with Gasteiger partial charge in [-0.3, -0.25) is 9.82 Å². The van der Waals surface area contributed by atoms with E-state index in [-0.39, 0.29) is 5.03 Å². The Morgan fingerprint density at radius 2 is 2.05 bits per heavy atom. The number of para-hydroxylation sites is 1. The molecule has 1 aromatic carbocycles. The van der Waals surface area contributed by atoms with Crippen molar-refractivity contribution in [2.24, 2.45) is 7.05 Å². The molecule has 2 aromatic heterocycles. The van der Waals surface area contributed by atoms with Crippen molar-refractivity contribution in [1.82, 2.24) is 25.0 Å². The highest BCUT2D eigenvalue weighted by atomic mass is 32.2. The lowest BCUT2D eigenvalue weighted by atomic mass is 10.2. The molecule has 0 bridgehead atoms. The van der Waals surface area contributed by atoms with E-state index in [1.807, 2.05) is 0 Å². The van der Waals surface area contributed by atoms with Crippen LogP contribution < -0.4 is 4.72 Å². The number of nitrogens with one attached hydrogen (secondary N) is 2. The predicted octanol–water partition coefficient (Wildman–Crippen LogP) is 1.01. The Balaban J connectivity index is 2.03. The van der Waals surface area contributed by atoms with Crippen molar-refractivity contribution in [3.63, 3.8) is 0 Å². The van der Waals surface area contributed by atoms with Crippen molar-refractivity contribution in [1.29, 1.82) is 0 Å². The van der Waals surface area contributed by atoms with Crippen molar-refractivity contribution in [2.45, 2.75) is 5.03 Å². The summed E-state index contributed by atoms with van der Waals surface area (Å²) in [4.78, 5) is 0. The van der Waals surface area contributed by atoms with E-state index in [2.05, 4.69) is 25.1 Å². The molecule has 2 heterocycles. The van der Waals surface area contributed by atoms with Crippen LogP contribution in [0.1, 0.15) is 0 Å². The van der Waals surface area contributed by atoms with E-state index >= 15 is 0 Å². The Kier molecular flexibility index (Phi) is 3.18. The number of benzene rings is 1. The Morgan fingerprint density at radius 3 is 2.71 bits per heavy atom. The molecule has 9 heteroatoms. The fourth-order valence-electron chi connectivity index (χ4n) is 1.89. The molecule has 3 rings (SSSR count). The SMILES string of the molecule is Cn1cnnc1-c1ccccc1NS(=O)(=O)c1ccn[nH]1. The van der Waals surface area contributed by atoms with Gasteiger partial charge in [0.25, 0.3) is 10.0 Å². The van der Waals surface area contributed by atoms with E-state index in [9.17, 15) is 8.42 Å². The smallest absolute Gasteiger partial charge is 0.278 e. The van der Waals surface area contributed by atoms with Gasteiger partial charge < -0.3 is 4.57 Å². The van der Waals surface area contributed by atoms with Gasteiger partial charge in [-0.15, -0.1) is 10.2 Å². The zero-order chi connectivity index (χ0) is 14.9. The van der Waals surface area contributed by atoms with E-state index in [1.165, 1.54) is 12.3 Å². The van der Waals surface area contributed by atoms with Crippen LogP contribution in [0, 0.1) is 0 Å². The van der Waals surface area contributed by atoms with Crippen LogP contribution in [-0.2, 0) is 17.1 Å². The van der Waals surface area contributed by atoms with Crippen LogP contribution >= 0.6 is 0 Å². The summed E-state index contributed by atoms with van der Waals surface area (Å²) in [7, 11) is -1.93. The number of hydrogen-bond acceptors (Lipinski definition) is 5. The molecular formula is C12H12N6O2S. The van der Waals surface area contributed by atoms with Crippen LogP contribution in [0.5, 0.6) is 0 Å². The minimum Gasteiger partial charge on any atom is -0.317 e. The van der Waals surface area contributed by atoms with Crippen molar-refractivity contribution < 1.29 is 8.42 Å². The molecule has 0 radical (unpaired) electrons. The highest BCUT2D eigenvalue weighted by molar-refractivity contribution is 7.92. The Hall–Kier alpha value is -2.68. The molecule has 2 N–H and O–H groups in total. The van der Waals surface area contributed by atoms with Crippen LogP contribution in [-0.4, -0.2) is 33.4 Å². The molecule has 0 saturated heterocycles. The number of sulfonamides is 1. The fraction of sp³-hybridized carbons (Fsp3) is 0.0833. The maximum absolute atomic E-state index is 12.2. The third-order valence-electron chi connectivity index (χ3n) is 2.89. The second kappa shape index (κ2) is 5.02. The van der Waals surface area contributed by atoms with Gasteiger partial charge in [-0.1, -0.05) is 12.1 Å². The second-order valence-corrected chi connectivity index (χ2v) is 5.99. The van der Waals surface area contributed by atoms with Crippen molar-refractivity contribution in [2.75, 3.05) is 4.72 Å². The van der Waals surface area contributed by atoms with E-state index < -0.39 is 10.0 Å². The van der Waals surface area contributed by atoms with Gasteiger partial charge in [0.15, 0.2) is 10.9 Å². The number of H-pyrrole nitrogens is 1. The Bertz CT molecular complexity index is 854. The van der Waals surface area contributed by atoms with Gasteiger partial charge in [-0.2, -0.15) is 13.5 Å². The lowest BCUT2D eigenvalue weighted by Gasteiger charge is -2.10. The van der Waals surface area contributed by atoms with Crippen molar-refractivity contribution in [3.05, 3.63) is 42.9 Å². The molecule has 3 aromatic rings. The molecule has 0 saturated carbocycles. The average molecular weight is 304 g/mol. The molecule has 0 aliphatic heterocycles. The van der Waals surface area contributed by atoms with Gasteiger partial charge in [0, 0.05) is 12.6 Å². The highest BCUT2D eigenvalue weighted by Crippen LogP contribution is 2.27. The van der Waals surface area contributed by atoms with Gasteiger partial charge >= 0.3 is 0 Å². The first-order valence-corrected chi connectivity index (χ1v) is 7.52. The standard InChI is InChI=1S/C12H12N6O2S/c1-18-8-14-16-12(18)9-4-2-3-5-10(9)17-21(19,20)11-6-7-13-15-11/h2-8,17H,1H3,(H,13,15). The van der Waals surface area contributed by atoms with E-state index in [4.69, 9.17) is 0 Å². The maximum Gasteiger partial charge on any atom is 0.278 e. The lowest BCUT2D eigenvalue weighted by Crippen LogP contribution is -2.14. The van der Waals surface area contributed by atoms with Gasteiger partial charge in [0.1, 0.15) is 6.33 Å². The molecule has 0 atom stereocenters. The van der Waals surface area contributed by atoms with Crippen LogP contribution in [0.4, 0.5) is 5.69 Å². The van der Waals surface area contributed by atoms with Crippen LogP contribution in [0.2, 0.25) is 0 Å². The summed E-state index contributed by atoms with van der Waals surface area (Å²) in [5.74, 6) is 0.568. The summed E-state index contributed by atoms with van der Waals surface area (Å²) in [6, 6.07) is 8.36. The summed E-state index contributed by atoms with van der Waals surface area (Å²) in [5.41, 5.74) is 1.06. The minimum absolute atomic E-state index is 0.00438. The molecule has 21 heavy (non-hydrogen) atoms. The quantitative estimate of drug-likeness (QED) is 0.748. The molecule has 0 spiro atoms. The zero-order valence-corrected chi connectivity index (χ0v) is 11.9. The average Bonchev–Trinajstić information content (AvgIpc) is 3.10. The molecule has 108 valence electrons. The normalized spacial score (nSPS) is 11.5. The number of anilines is 1. The van der Waals surface area contributed by atoms with Crippen LogP contribution in [0.25, 0.3) is 11.4 Å². The van der Waals surface area contributed by atoms with Crippen molar-refractivity contribution >= 4 is 15.7 Å². The molecule has 0 aliphatic carbocycles. The summed E-state index contributed by atoms with van der Waals surface area (Å²) in [6.07, 6.45) is 2.93. The lowest BCUT2D eigenvalue weighted by molar-refractivity contribution is 0.597. The number of aromatic nitrogens is 5. The summed E-state index contributed by atoms with van der Waals surface area (Å²) in [5, 5.41) is 13.9. The summed E-state index contributed by atoms with van der Waals surface area (Å²) in [6.45, 7) is 0. The van der Waals surface area contributed by atoms with E-state index in [1.54, 1.807) is 42.2 Å². The van der Waals surface area contributed by atoms with Gasteiger partial charge in [-0.25, -0.2) is 0 Å². The first-order valence-electron chi connectivity index (χ1n) is 6.03. The van der Waals surface area contributed by atoms with Crippen molar-refractivity contribution in [3.8, 4) is 11.4 Å². The summed E-state index contributed by atoms with van der Waals surface area (Å²) < 4.78 is 28.7. The Labute approximate surface area is 120 Å². The summed E-state index contributed by atoms with van der Waals surface area (Å²) >= 11 is 0. The van der Waals surface area contributed by atoms with E-state index in [0.29, 0.717) is 17.1 Å². The fourth-order valence-corrected chi connectivity index (χ4v) is 2.88. The highest BCUT2D eigenvalue weighted by Gasteiger charge is 2.18. The predicted molar refractivity (Wildman–Crippen MR) is 75.8 cm³/mol. The number of rotatable bonds is 4. The monoisotopic (exact) mass is 304 g/mol. The number of aromatic amines is 1. The molecule has 8 nitrogen and oxygen atoms in total. The van der Waals surface area contributed by atoms with Gasteiger partial charge in [-0.05, 0) is 18.2 Å². The topological polar surface area (TPSA) is 106 Å². The third-order valence-corrected chi connectivity index (χ3v) is 4.18. The second-order valence-electron chi connectivity index (χ2n) is 4.34. The van der Waals surface area contributed by atoms with Crippen LogP contribution in [0.3, 0.4) is 0 Å². The minimum atomic E-state index is -3.72. The van der Waals surface area contributed by atoms with Crippen LogP contribution in [0.15, 0.2) is 47.9 Å². The molecule has 0 fully saturated rings. The van der Waals surface area contributed by atoms with Gasteiger partial charge in [0.05, 0.1) is 11.9 Å². The molecule has 0 aliphatic rings. The number of aryl methyl sites for hydroxylation is 1. The molecular weight excluding hydrogens is 292 g/mol. The largest absolute Gasteiger partial charge is 0.317 e. The number of hydrogen-bond donors (Lipinski definition) is 2. The first-order chi connectivity index (χ1) is 10.1.